The van der Waals surface area contributed by atoms with Gasteiger partial charge in [-0.25, -0.2) is 4.98 Å². The first-order valence-electron chi connectivity index (χ1n) is 7.13. The van der Waals surface area contributed by atoms with Crippen LogP contribution in [0.25, 0.3) is 0 Å². The van der Waals surface area contributed by atoms with Crippen LogP contribution in [0.15, 0.2) is 35.2 Å². The van der Waals surface area contributed by atoms with Crippen LogP contribution >= 0.6 is 11.3 Å². The number of hydrogen-bond acceptors (Lipinski definition) is 3. The van der Waals surface area contributed by atoms with Crippen LogP contribution in [0.1, 0.15) is 43.5 Å². The van der Waals surface area contributed by atoms with Crippen LogP contribution < -0.4 is 5.32 Å². The molecule has 2 rings (SSSR count). The number of nitrogens with one attached hydrogen (secondary N) is 1. The maximum Gasteiger partial charge on any atom is 0.0794 e. The van der Waals surface area contributed by atoms with E-state index in [2.05, 4.69) is 67.6 Å². The van der Waals surface area contributed by atoms with Crippen molar-refractivity contribution in [2.75, 3.05) is 6.54 Å². The first-order valence-corrected chi connectivity index (χ1v) is 8.07. The molecular formula is C17H24N2S. The maximum atomic E-state index is 4.45. The van der Waals surface area contributed by atoms with Gasteiger partial charge in [0.05, 0.1) is 11.2 Å². The normalized spacial score (nSPS) is 13.4. The van der Waals surface area contributed by atoms with Crippen molar-refractivity contribution in [1.29, 1.82) is 0 Å². The molecule has 1 unspecified atom stereocenters. The van der Waals surface area contributed by atoms with Crippen molar-refractivity contribution in [2.24, 2.45) is 0 Å². The topological polar surface area (TPSA) is 24.9 Å². The number of thiazole rings is 1. The summed E-state index contributed by atoms with van der Waals surface area (Å²) in [5.41, 5.74) is 6.05. The molecular weight excluding hydrogens is 264 g/mol. The molecule has 2 aromatic rings. The third-order valence-electron chi connectivity index (χ3n) is 3.45. The van der Waals surface area contributed by atoms with Crippen LogP contribution in [0.5, 0.6) is 0 Å². The lowest BCUT2D eigenvalue weighted by molar-refractivity contribution is 0.404. The quantitative estimate of drug-likeness (QED) is 0.893. The summed E-state index contributed by atoms with van der Waals surface area (Å²) in [6, 6.07) is 8.68. The van der Waals surface area contributed by atoms with Crippen LogP contribution in [0.4, 0.5) is 0 Å². The number of aromatic nitrogens is 1. The summed E-state index contributed by atoms with van der Waals surface area (Å²) < 4.78 is 0. The summed E-state index contributed by atoms with van der Waals surface area (Å²) in [5, 5.41) is 5.79. The molecule has 0 spiro atoms. The lowest BCUT2D eigenvalue weighted by atomic mass is 9.90. The van der Waals surface area contributed by atoms with Gasteiger partial charge in [-0.05, 0) is 45.2 Å². The van der Waals surface area contributed by atoms with E-state index in [1.54, 1.807) is 11.3 Å². The molecule has 108 valence electrons. The van der Waals surface area contributed by atoms with Crippen LogP contribution in [0.3, 0.4) is 0 Å². The molecule has 1 aromatic carbocycles. The monoisotopic (exact) mass is 288 g/mol. The van der Waals surface area contributed by atoms with Crippen molar-refractivity contribution in [3.05, 3.63) is 52.0 Å². The van der Waals surface area contributed by atoms with E-state index < -0.39 is 0 Å². The molecule has 1 N–H and O–H groups in total. The minimum Gasteiger partial charge on any atom is -0.311 e. The van der Waals surface area contributed by atoms with E-state index in [-0.39, 0.29) is 5.54 Å². The molecule has 0 radical (unpaired) electrons. The Bertz CT molecular complexity index is 526. The van der Waals surface area contributed by atoms with Crippen molar-refractivity contribution in [2.45, 2.75) is 45.6 Å². The Kier molecular flexibility index (Phi) is 4.95. The van der Waals surface area contributed by atoms with Gasteiger partial charge >= 0.3 is 0 Å². The van der Waals surface area contributed by atoms with Gasteiger partial charge in [0.25, 0.3) is 0 Å². The van der Waals surface area contributed by atoms with Gasteiger partial charge in [0.15, 0.2) is 0 Å². The molecule has 0 saturated heterocycles. The number of rotatable bonds is 5. The van der Waals surface area contributed by atoms with E-state index >= 15 is 0 Å². The van der Waals surface area contributed by atoms with Crippen molar-refractivity contribution >= 4 is 11.3 Å². The second kappa shape index (κ2) is 6.51. The van der Waals surface area contributed by atoms with Gasteiger partial charge in [-0.15, -0.1) is 11.3 Å². The fourth-order valence-electron chi connectivity index (χ4n) is 2.36. The molecule has 3 heteroatoms. The summed E-state index contributed by atoms with van der Waals surface area (Å²) in [6.45, 7) is 9.81. The molecule has 20 heavy (non-hydrogen) atoms. The zero-order chi connectivity index (χ0) is 14.6. The molecule has 1 aromatic heterocycles. The molecule has 2 nitrogen and oxygen atoms in total. The Balaban J connectivity index is 2.17. The van der Waals surface area contributed by atoms with Crippen LogP contribution in [0, 0.1) is 6.92 Å². The van der Waals surface area contributed by atoms with Gasteiger partial charge in [0.1, 0.15) is 0 Å². The second-order valence-electron chi connectivity index (χ2n) is 6.37. The summed E-state index contributed by atoms with van der Waals surface area (Å²) in [6.07, 6.45) is 0.997. The first kappa shape index (κ1) is 15.2. The number of hydrogen-bond donors (Lipinski definition) is 1. The summed E-state index contributed by atoms with van der Waals surface area (Å²) in [5.74, 6) is 0.470. The molecule has 0 saturated carbocycles. The largest absolute Gasteiger partial charge is 0.311 e. The smallest absolute Gasteiger partial charge is 0.0794 e. The fraction of sp³-hybridized carbons (Fsp3) is 0.471. The van der Waals surface area contributed by atoms with Crippen LogP contribution in [-0.4, -0.2) is 17.1 Å². The summed E-state index contributed by atoms with van der Waals surface area (Å²) in [4.78, 5) is 4.45. The SMILES string of the molecule is Cc1ccccc1C(CNC(C)(C)C)Cc1cscn1. The fourth-order valence-corrected chi connectivity index (χ4v) is 2.93. The van der Waals surface area contributed by atoms with E-state index in [4.69, 9.17) is 0 Å². The first-order chi connectivity index (χ1) is 9.46. The van der Waals surface area contributed by atoms with Crippen LogP contribution in [-0.2, 0) is 6.42 Å². The average Bonchev–Trinajstić information content (AvgIpc) is 2.87. The number of nitrogens with zero attached hydrogens (tertiary/aromatic N) is 1. The Hall–Kier alpha value is -1.19. The van der Waals surface area contributed by atoms with Crippen molar-refractivity contribution in [3.63, 3.8) is 0 Å². The predicted molar refractivity (Wildman–Crippen MR) is 87.5 cm³/mol. The Morgan fingerprint density at radius 2 is 2.00 bits per heavy atom. The Labute approximate surface area is 126 Å². The van der Waals surface area contributed by atoms with E-state index in [9.17, 15) is 0 Å². The van der Waals surface area contributed by atoms with Crippen LogP contribution in [0.2, 0.25) is 0 Å². The Morgan fingerprint density at radius 3 is 2.60 bits per heavy atom. The van der Waals surface area contributed by atoms with Gasteiger partial charge in [-0.3, -0.25) is 0 Å². The molecule has 0 fully saturated rings. The minimum absolute atomic E-state index is 0.142. The molecule has 1 heterocycles. The third-order valence-corrected chi connectivity index (χ3v) is 4.08. The lowest BCUT2D eigenvalue weighted by Crippen LogP contribution is -2.39. The zero-order valence-electron chi connectivity index (χ0n) is 12.8. The molecule has 0 aliphatic rings. The van der Waals surface area contributed by atoms with E-state index in [1.165, 1.54) is 16.8 Å². The van der Waals surface area contributed by atoms with E-state index in [0.717, 1.165) is 13.0 Å². The van der Waals surface area contributed by atoms with Gasteiger partial charge in [0, 0.05) is 23.4 Å². The van der Waals surface area contributed by atoms with Crippen molar-refractivity contribution < 1.29 is 0 Å². The standard InChI is InChI=1S/C17H24N2S/c1-13-7-5-6-8-16(13)14(10-19-17(2,3)4)9-15-11-20-12-18-15/h5-8,11-12,14,19H,9-10H2,1-4H3. The van der Waals surface area contributed by atoms with Crippen molar-refractivity contribution in [1.82, 2.24) is 10.3 Å². The molecule has 1 atom stereocenters. The summed E-state index contributed by atoms with van der Waals surface area (Å²) >= 11 is 1.67. The highest BCUT2D eigenvalue weighted by atomic mass is 32.1. The van der Waals surface area contributed by atoms with E-state index in [1.807, 2.05) is 5.51 Å². The van der Waals surface area contributed by atoms with E-state index in [0.29, 0.717) is 5.92 Å². The summed E-state index contributed by atoms with van der Waals surface area (Å²) in [7, 11) is 0. The zero-order valence-corrected chi connectivity index (χ0v) is 13.6. The molecule has 0 bridgehead atoms. The highest BCUT2D eigenvalue weighted by molar-refractivity contribution is 7.07. The molecule has 0 aliphatic heterocycles. The number of aryl methyl sites for hydroxylation is 1. The lowest BCUT2D eigenvalue weighted by Gasteiger charge is -2.26. The maximum absolute atomic E-state index is 4.45. The van der Waals surface area contributed by atoms with Gasteiger partial charge in [-0.1, -0.05) is 24.3 Å². The Morgan fingerprint density at radius 1 is 1.25 bits per heavy atom. The third kappa shape index (κ3) is 4.43. The minimum atomic E-state index is 0.142. The molecule has 0 amide bonds. The van der Waals surface area contributed by atoms with Gasteiger partial charge in [0.2, 0.25) is 0 Å². The number of benzene rings is 1. The highest BCUT2D eigenvalue weighted by Gasteiger charge is 2.18. The molecule has 0 aliphatic carbocycles. The predicted octanol–water partition coefficient (Wildman–Crippen LogP) is 4.17. The highest BCUT2D eigenvalue weighted by Crippen LogP contribution is 2.24. The van der Waals surface area contributed by atoms with Crippen molar-refractivity contribution in [3.8, 4) is 0 Å². The van der Waals surface area contributed by atoms with Gasteiger partial charge in [-0.2, -0.15) is 0 Å². The van der Waals surface area contributed by atoms with Gasteiger partial charge < -0.3 is 5.32 Å². The average molecular weight is 288 g/mol. The second-order valence-corrected chi connectivity index (χ2v) is 7.09.